The third-order valence-electron chi connectivity index (χ3n) is 15.1. The van der Waals surface area contributed by atoms with Gasteiger partial charge in [0.05, 0.1) is 19.8 Å². The molecule has 6 N–H and O–H groups in total. The molecule has 0 spiro atoms. The summed E-state index contributed by atoms with van der Waals surface area (Å²) in [5.74, 6) is 16.8. The second-order valence-corrected chi connectivity index (χ2v) is 19.4. The smallest absolute Gasteiger partial charge is 0.333 e. The van der Waals surface area contributed by atoms with E-state index in [0.717, 1.165) is 68.4 Å². The molecule has 17 heteroatoms. The van der Waals surface area contributed by atoms with Gasteiger partial charge in [-0.3, -0.25) is 4.18 Å². The summed E-state index contributed by atoms with van der Waals surface area (Å²) in [6.07, 6.45) is 13.0. The molecule has 0 radical (unpaired) electrons. The topological polar surface area (TPSA) is 195 Å². The Labute approximate surface area is 346 Å². The summed E-state index contributed by atoms with van der Waals surface area (Å²) < 4.78 is 60.0. The van der Waals surface area contributed by atoms with Gasteiger partial charge in [-0.25, -0.2) is 5.14 Å². The van der Waals surface area contributed by atoms with Gasteiger partial charge in [0.1, 0.15) is 0 Å². The van der Waals surface area contributed by atoms with Crippen LogP contribution in [0.1, 0.15) is 126 Å². The number of fused-ring (bicyclic) bond motifs is 10. The minimum atomic E-state index is -3.96. The summed E-state index contributed by atoms with van der Waals surface area (Å²) in [5.41, 5.74) is 5.76. The highest BCUT2D eigenvalue weighted by molar-refractivity contribution is 7.90. The number of ether oxygens (including phenoxy) is 2. The molecule has 0 aromatic heterocycles. The molecule has 318 valence electrons. The molecular formula is C40H59N3O11S3. The first-order valence-electron chi connectivity index (χ1n) is 20.3. The Balaban J connectivity index is 0.000000175. The van der Waals surface area contributed by atoms with Crippen molar-refractivity contribution in [3.63, 3.8) is 0 Å². The van der Waals surface area contributed by atoms with Crippen molar-refractivity contribution in [1.29, 1.82) is 0 Å². The number of methoxy groups -OCH3 is 1. The van der Waals surface area contributed by atoms with Crippen molar-refractivity contribution < 1.29 is 49.1 Å². The van der Waals surface area contributed by atoms with E-state index in [-0.39, 0.29) is 11.5 Å². The van der Waals surface area contributed by atoms with Crippen molar-refractivity contribution in [1.82, 2.24) is 0 Å². The van der Waals surface area contributed by atoms with Gasteiger partial charge in [-0.15, -0.1) is 18.6 Å². The zero-order valence-corrected chi connectivity index (χ0v) is 36.0. The summed E-state index contributed by atoms with van der Waals surface area (Å²) in [4.78, 5) is 8.15. The largest absolute Gasteiger partial charge is 0.493 e. The van der Waals surface area contributed by atoms with Crippen LogP contribution in [-0.4, -0.2) is 28.2 Å². The molecule has 6 aliphatic carbocycles. The lowest BCUT2D eigenvalue weighted by Gasteiger charge is -2.50. The van der Waals surface area contributed by atoms with Crippen LogP contribution in [-0.2, 0) is 46.0 Å². The maximum Gasteiger partial charge on any atom is 0.333 e. The van der Waals surface area contributed by atoms with Gasteiger partial charge in [0.2, 0.25) is 0 Å². The fraction of sp³-hybridized carbons (Fsp3) is 0.700. The molecule has 10 atom stereocenters. The van der Waals surface area contributed by atoms with Crippen LogP contribution in [0.5, 0.6) is 23.0 Å². The molecule has 0 amide bonds. The number of hydrogen-bond acceptors (Lipinski definition) is 15. The molecule has 0 aliphatic heterocycles. The van der Waals surface area contributed by atoms with Crippen LogP contribution in [0.4, 0.5) is 0 Å². The van der Waals surface area contributed by atoms with E-state index >= 15 is 0 Å². The predicted molar refractivity (Wildman–Crippen MR) is 216 cm³/mol. The highest BCUT2D eigenvalue weighted by Gasteiger charge is 2.57. The summed E-state index contributed by atoms with van der Waals surface area (Å²) in [6, 6.07) is 8.39. The Hall–Kier alpha value is -2.03. The minimum Gasteiger partial charge on any atom is -0.493 e. The zero-order valence-electron chi connectivity index (χ0n) is 33.6. The number of hydrogen-bond donors (Lipinski definition) is 3. The van der Waals surface area contributed by atoms with Gasteiger partial charge in [-0.1, -0.05) is 20.8 Å². The molecule has 0 bridgehead atoms. The molecule has 8 rings (SSSR count). The predicted octanol–water partition coefficient (Wildman–Crippen LogP) is 8.25. The molecule has 2 aromatic carbocycles. The Bertz CT molecular complexity index is 1840. The third-order valence-corrected chi connectivity index (χ3v) is 16.4. The van der Waals surface area contributed by atoms with E-state index < -0.39 is 10.3 Å². The Morgan fingerprint density at radius 3 is 1.79 bits per heavy atom. The first kappa shape index (κ1) is 43.1. The average molecular weight is 854 g/mol. The minimum absolute atomic E-state index is 0.172. The SMILES string of the molecule is CCOc1cc2c(cc1OSOON)CCC1C2CC[C@@]2(C)C1CC[C@@H]2C.COc1cc2c(cc1OSOON)CCC1C2CC[C@@]2(C)C1CC[C@@H]2OS(N)(=O)=O. The van der Waals surface area contributed by atoms with Crippen molar-refractivity contribution in [2.45, 2.75) is 123 Å². The maximum atomic E-state index is 11.6. The molecule has 6 aliphatic rings. The third kappa shape index (κ3) is 8.63. The number of benzene rings is 2. The van der Waals surface area contributed by atoms with Gasteiger partial charge in [0, 0.05) is 0 Å². The molecule has 14 nitrogen and oxygen atoms in total. The summed E-state index contributed by atoms with van der Waals surface area (Å²) in [5, 5.41) is 5.18. The molecule has 0 saturated heterocycles. The van der Waals surface area contributed by atoms with E-state index in [4.69, 9.17) is 39.0 Å². The van der Waals surface area contributed by atoms with Crippen LogP contribution in [0.2, 0.25) is 0 Å². The van der Waals surface area contributed by atoms with Crippen molar-refractivity contribution >= 4 is 35.0 Å². The van der Waals surface area contributed by atoms with Crippen LogP contribution >= 0.6 is 24.6 Å². The van der Waals surface area contributed by atoms with Gasteiger partial charge in [-0.2, -0.15) is 20.2 Å². The Kier molecular flexibility index (Phi) is 13.5. The molecule has 57 heavy (non-hydrogen) atoms. The van der Waals surface area contributed by atoms with Gasteiger partial charge in [-0.05, 0) is 183 Å². The van der Waals surface area contributed by atoms with Crippen molar-refractivity contribution in [2.24, 2.45) is 57.4 Å². The van der Waals surface area contributed by atoms with E-state index in [1.165, 1.54) is 54.4 Å². The van der Waals surface area contributed by atoms with Gasteiger partial charge in [0.25, 0.3) is 24.6 Å². The van der Waals surface area contributed by atoms with E-state index in [1.807, 2.05) is 13.0 Å². The van der Waals surface area contributed by atoms with E-state index in [2.05, 4.69) is 57.6 Å². The van der Waals surface area contributed by atoms with Crippen molar-refractivity contribution in [3.05, 3.63) is 46.5 Å². The fourth-order valence-corrected chi connectivity index (χ4v) is 13.5. The Morgan fingerprint density at radius 2 is 1.25 bits per heavy atom. The second kappa shape index (κ2) is 17.9. The monoisotopic (exact) mass is 853 g/mol. The van der Waals surface area contributed by atoms with Crippen LogP contribution in [0.15, 0.2) is 24.3 Å². The van der Waals surface area contributed by atoms with E-state index in [0.29, 0.717) is 77.6 Å². The van der Waals surface area contributed by atoms with Crippen LogP contribution in [0.25, 0.3) is 0 Å². The highest BCUT2D eigenvalue weighted by atomic mass is 32.2. The van der Waals surface area contributed by atoms with Crippen LogP contribution in [0.3, 0.4) is 0 Å². The summed E-state index contributed by atoms with van der Waals surface area (Å²) in [7, 11) is -2.36. The quantitative estimate of drug-likeness (QED) is 0.0754. The van der Waals surface area contributed by atoms with Gasteiger partial charge in [0.15, 0.2) is 23.0 Å². The normalized spacial score (nSPS) is 33.6. The molecule has 2 aromatic rings. The van der Waals surface area contributed by atoms with Gasteiger partial charge >= 0.3 is 10.3 Å². The summed E-state index contributed by atoms with van der Waals surface area (Å²) in [6.45, 7) is 9.78. The first-order valence-corrected chi connectivity index (χ1v) is 23.1. The van der Waals surface area contributed by atoms with E-state index in [9.17, 15) is 8.42 Å². The molecule has 0 heterocycles. The molecule has 4 saturated carbocycles. The fourth-order valence-electron chi connectivity index (χ4n) is 12.4. The summed E-state index contributed by atoms with van der Waals surface area (Å²) >= 11 is 1.33. The Morgan fingerprint density at radius 1 is 0.719 bits per heavy atom. The lowest BCUT2D eigenvalue weighted by Crippen LogP contribution is -2.45. The molecule has 4 fully saturated rings. The van der Waals surface area contributed by atoms with Crippen molar-refractivity contribution in [2.75, 3.05) is 13.7 Å². The number of rotatable bonds is 13. The number of aryl methyl sites for hydroxylation is 2. The van der Waals surface area contributed by atoms with Crippen molar-refractivity contribution in [3.8, 4) is 23.0 Å². The molecular weight excluding hydrogens is 795 g/mol. The van der Waals surface area contributed by atoms with E-state index in [1.54, 1.807) is 7.11 Å². The maximum absolute atomic E-state index is 11.6. The first-order chi connectivity index (χ1) is 27.3. The standard InChI is InChI=1S/C21H31NO4S.C19H28N2O7S2/c1-4-23-19-12-17-14(11-20(19)24-27-26-25-22)6-7-16-15(17)9-10-21(3)13(2)5-8-18(16)21;1-19-8-7-12-13(15(19)5-6-18(19)26-30(21,22)23)4-3-11-9-17(25-29-28-27-20)16(24-2)10-14(11)12/h11-13,15-16,18H,4-10,22H2,1-3H3;9-10,12-13,15,18H,3-8,20H2,1-2H3,(H2,21,22,23)/t13-,15?,16?,18?,21+;12?,13?,15?,18-,19-/m00/s1. The lowest BCUT2D eigenvalue weighted by atomic mass is 9.54. The van der Waals surface area contributed by atoms with Gasteiger partial charge < -0.3 is 17.8 Å². The highest BCUT2D eigenvalue weighted by Crippen LogP contribution is 2.64. The molecule has 6 unspecified atom stereocenters. The zero-order chi connectivity index (χ0) is 40.5. The lowest BCUT2D eigenvalue weighted by molar-refractivity contribution is -0.199. The second-order valence-electron chi connectivity index (χ2n) is 17.3. The van der Waals surface area contributed by atoms with Crippen LogP contribution in [0, 0.1) is 40.4 Å². The van der Waals surface area contributed by atoms with Crippen LogP contribution < -0.4 is 34.8 Å². The average Bonchev–Trinajstić information content (AvgIpc) is 3.68. The number of nitrogens with two attached hydrogens (primary N) is 3.